The summed E-state index contributed by atoms with van der Waals surface area (Å²) in [5.74, 6) is 0.882. The van der Waals surface area contributed by atoms with Crippen LogP contribution < -0.4 is 0 Å². The summed E-state index contributed by atoms with van der Waals surface area (Å²) >= 11 is 0. The highest BCUT2D eigenvalue weighted by Crippen LogP contribution is 2.69. The van der Waals surface area contributed by atoms with Gasteiger partial charge in [-0.2, -0.15) is 0 Å². The molecule has 5 aliphatic rings. The first-order valence-corrected chi connectivity index (χ1v) is 12.1. The number of aliphatic hydroxyl groups excluding tert-OH is 1. The lowest BCUT2D eigenvalue weighted by Crippen LogP contribution is -2.55. The molecular weight excluding hydrogens is 398 g/mol. The quantitative estimate of drug-likeness (QED) is 0.695. The van der Waals surface area contributed by atoms with E-state index in [1.54, 1.807) is 0 Å². The monoisotopic (exact) mass is 427 g/mol. The molecule has 1 N–H and O–H groups in total. The molecule has 0 radical (unpaired) electrons. The van der Waals surface area contributed by atoms with Gasteiger partial charge in [-0.25, -0.2) is 0 Å². The Morgan fingerprint density at radius 2 is 2.06 bits per heavy atom. The maximum Gasteiger partial charge on any atom is 0.164 e. The molecule has 3 aliphatic carbocycles. The summed E-state index contributed by atoms with van der Waals surface area (Å²) in [5.41, 5.74) is 3.26. The average Bonchev–Trinajstić information content (AvgIpc) is 3.31. The Hall–Kier alpha value is -2.30. The highest BCUT2D eigenvalue weighted by molar-refractivity contribution is 5.87. The van der Waals surface area contributed by atoms with Crippen LogP contribution >= 0.6 is 0 Å². The number of hydrogen-bond acceptors (Lipinski definition) is 4. The number of nitrogens with zero attached hydrogens (tertiary/aromatic N) is 1. The van der Waals surface area contributed by atoms with E-state index >= 15 is 0 Å². The van der Waals surface area contributed by atoms with Gasteiger partial charge in [0.1, 0.15) is 6.10 Å². The number of carbonyl (C=O) groups excluding carboxylic acids is 1. The number of benzene rings is 1. The minimum atomic E-state index is -0.865. The van der Waals surface area contributed by atoms with Crippen molar-refractivity contribution in [1.82, 2.24) is 4.98 Å². The van der Waals surface area contributed by atoms with Gasteiger partial charge in [0.15, 0.2) is 5.78 Å². The van der Waals surface area contributed by atoms with Crippen molar-refractivity contribution in [3.63, 3.8) is 0 Å². The lowest BCUT2D eigenvalue weighted by molar-refractivity contribution is -0.154. The number of rotatable bonds is 1. The number of fused-ring (bicyclic) bond motifs is 2. The average molecular weight is 428 g/mol. The first kappa shape index (κ1) is 19.2. The number of pyridine rings is 1. The Kier molecular flexibility index (Phi) is 3.71. The van der Waals surface area contributed by atoms with Crippen LogP contribution in [0.1, 0.15) is 63.4 Å². The third-order valence-electron chi connectivity index (χ3n) is 9.65. The van der Waals surface area contributed by atoms with Crippen molar-refractivity contribution in [1.29, 1.82) is 0 Å². The largest absolute Gasteiger partial charge is 0.385 e. The van der Waals surface area contributed by atoms with E-state index in [-0.39, 0.29) is 16.8 Å². The molecule has 4 heteroatoms. The fourth-order valence-electron chi connectivity index (χ4n) is 8.08. The molecule has 1 saturated heterocycles. The number of aromatic nitrogens is 1. The normalized spacial score (nSPS) is 42.2. The lowest BCUT2D eigenvalue weighted by Gasteiger charge is -2.54. The molecule has 1 aromatic heterocycles. The van der Waals surface area contributed by atoms with Crippen LogP contribution in [0.2, 0.25) is 0 Å². The zero-order valence-corrected chi connectivity index (χ0v) is 18.5. The molecule has 3 fully saturated rings. The van der Waals surface area contributed by atoms with E-state index in [4.69, 9.17) is 4.74 Å². The summed E-state index contributed by atoms with van der Waals surface area (Å²) in [6.07, 6.45) is 13.7. The highest BCUT2D eigenvalue weighted by atomic mass is 16.5. The van der Waals surface area contributed by atoms with Crippen molar-refractivity contribution in [2.45, 2.75) is 75.1 Å². The van der Waals surface area contributed by atoms with Crippen LogP contribution in [0.4, 0.5) is 0 Å². The molecule has 2 spiro atoms. The van der Waals surface area contributed by atoms with Gasteiger partial charge in [-0.1, -0.05) is 31.2 Å². The van der Waals surface area contributed by atoms with E-state index in [0.717, 1.165) is 31.3 Å². The van der Waals surface area contributed by atoms with E-state index in [1.165, 1.54) is 28.3 Å². The first-order chi connectivity index (χ1) is 15.4. The smallest absolute Gasteiger partial charge is 0.164 e. The van der Waals surface area contributed by atoms with Crippen LogP contribution in [0, 0.1) is 11.3 Å². The van der Waals surface area contributed by atoms with Gasteiger partial charge in [0.2, 0.25) is 0 Å². The van der Waals surface area contributed by atoms with Gasteiger partial charge in [-0.05, 0) is 83.6 Å². The Morgan fingerprint density at radius 3 is 2.97 bits per heavy atom. The number of ketones is 1. The van der Waals surface area contributed by atoms with Gasteiger partial charge < -0.3 is 9.84 Å². The van der Waals surface area contributed by atoms with Gasteiger partial charge in [0.25, 0.3) is 0 Å². The minimum Gasteiger partial charge on any atom is -0.385 e. The van der Waals surface area contributed by atoms with Crippen LogP contribution in [0.25, 0.3) is 10.8 Å². The number of carbonyl (C=O) groups is 1. The van der Waals surface area contributed by atoms with Crippen LogP contribution in [0.5, 0.6) is 0 Å². The van der Waals surface area contributed by atoms with Crippen molar-refractivity contribution in [2.75, 3.05) is 0 Å². The predicted octanol–water partition coefficient (Wildman–Crippen LogP) is 5.02. The van der Waals surface area contributed by atoms with E-state index in [2.05, 4.69) is 48.3 Å². The van der Waals surface area contributed by atoms with Gasteiger partial charge in [0.05, 0.1) is 11.2 Å². The SMILES string of the molecule is C[C@]12CC=C3C=C4C[C@@H](O)C(=O)C[C@]45CC[C@]3(O5)[C@@H]1CC[C@@H]2c1ccc2ccncc2c1. The predicted molar refractivity (Wildman–Crippen MR) is 122 cm³/mol. The van der Waals surface area contributed by atoms with Gasteiger partial charge in [-0.3, -0.25) is 9.78 Å². The van der Waals surface area contributed by atoms with E-state index in [9.17, 15) is 9.90 Å². The molecule has 0 amide bonds. The van der Waals surface area contributed by atoms with Gasteiger partial charge >= 0.3 is 0 Å². The molecular formula is C28H29NO3. The third-order valence-corrected chi connectivity index (χ3v) is 9.65. The van der Waals surface area contributed by atoms with E-state index in [0.29, 0.717) is 24.7 Å². The zero-order valence-electron chi connectivity index (χ0n) is 18.5. The molecule has 4 nitrogen and oxygen atoms in total. The lowest BCUT2D eigenvalue weighted by atomic mass is 9.58. The van der Waals surface area contributed by atoms with Crippen molar-refractivity contribution in [3.05, 3.63) is 65.5 Å². The second-order valence-corrected chi connectivity index (χ2v) is 11.1. The third kappa shape index (κ3) is 2.30. The molecule has 2 saturated carbocycles. The molecule has 32 heavy (non-hydrogen) atoms. The highest BCUT2D eigenvalue weighted by Gasteiger charge is 2.67. The molecule has 6 atom stereocenters. The van der Waals surface area contributed by atoms with Crippen LogP contribution in [0.3, 0.4) is 0 Å². The molecule has 7 rings (SSSR count). The number of allylic oxidation sites excluding steroid dienone is 1. The number of ether oxygens (including phenoxy) is 1. The summed E-state index contributed by atoms with van der Waals surface area (Å²) in [5, 5.41) is 12.6. The van der Waals surface area contributed by atoms with E-state index < -0.39 is 11.7 Å². The summed E-state index contributed by atoms with van der Waals surface area (Å²) in [7, 11) is 0. The second kappa shape index (κ2) is 6.18. The summed E-state index contributed by atoms with van der Waals surface area (Å²) in [6, 6.07) is 8.97. The molecule has 3 heterocycles. The molecule has 2 bridgehead atoms. The molecule has 0 unspecified atom stereocenters. The topological polar surface area (TPSA) is 59.4 Å². The van der Waals surface area contributed by atoms with Crippen LogP contribution in [-0.2, 0) is 9.53 Å². The second-order valence-electron chi connectivity index (χ2n) is 11.1. The Morgan fingerprint density at radius 1 is 1.16 bits per heavy atom. The zero-order chi connectivity index (χ0) is 21.7. The first-order valence-electron chi connectivity index (χ1n) is 12.1. The maximum absolute atomic E-state index is 12.4. The van der Waals surface area contributed by atoms with E-state index in [1.807, 2.05) is 12.4 Å². The summed E-state index contributed by atoms with van der Waals surface area (Å²) in [4.78, 5) is 16.8. The number of hydrogen-bond donors (Lipinski definition) is 1. The summed E-state index contributed by atoms with van der Waals surface area (Å²) < 4.78 is 7.05. The van der Waals surface area contributed by atoms with Gasteiger partial charge in [-0.15, -0.1) is 0 Å². The molecule has 2 aromatic rings. The van der Waals surface area contributed by atoms with Crippen molar-refractivity contribution < 1.29 is 14.6 Å². The number of Topliss-reactive ketones (excluding diaryl/α,β-unsaturated/α-hetero) is 1. The van der Waals surface area contributed by atoms with Crippen molar-refractivity contribution in [3.8, 4) is 0 Å². The Bertz CT molecular complexity index is 1230. The fourth-order valence-corrected chi connectivity index (χ4v) is 8.08. The number of aliphatic hydroxyl groups is 1. The van der Waals surface area contributed by atoms with Crippen LogP contribution in [-0.4, -0.2) is 33.2 Å². The molecule has 2 aliphatic heterocycles. The fraction of sp³-hybridized carbons (Fsp3) is 0.500. The van der Waals surface area contributed by atoms with Crippen molar-refractivity contribution >= 4 is 16.6 Å². The Balaban J connectivity index is 1.31. The molecule has 164 valence electrons. The standard InChI is InChI=1S/C28H29NO3/c1-26-8-6-20-13-21-14-23(30)24(31)15-27(21)9-10-28(20,32-27)25(26)5-4-22(26)18-3-2-17-7-11-29-16-19(17)12-18/h2-3,6-7,11-13,16,22-23,25,30H,4-5,8-10,14-15H2,1H3/t22-,23-,25-,26-,27-,28-/m1/s1. The minimum absolute atomic E-state index is 0.0562. The van der Waals surface area contributed by atoms with Crippen LogP contribution in [0.15, 0.2) is 60.0 Å². The van der Waals surface area contributed by atoms with Gasteiger partial charge in [0, 0.05) is 30.6 Å². The Labute approximate surface area is 188 Å². The van der Waals surface area contributed by atoms with Crippen molar-refractivity contribution in [2.24, 2.45) is 11.3 Å². The summed E-state index contributed by atoms with van der Waals surface area (Å²) in [6.45, 7) is 2.47. The molecule has 1 aromatic carbocycles. The maximum atomic E-state index is 12.4.